The largest absolute Gasteiger partial charge is 0.457 e. The number of hydrogen-bond donors (Lipinski definition) is 1. The van der Waals surface area contributed by atoms with Crippen molar-refractivity contribution in [3.8, 4) is 11.5 Å². The molecule has 1 fully saturated rings. The standard InChI is InChI=1S/C19H24N2O.ClH/c1-15-13-21(11-10-19(15)20)14-16-6-5-9-18(12-16)22-17-7-3-2-4-8-17;/h2-9,12,15,19H,10-11,13-14,20H2,1H3;1H. The summed E-state index contributed by atoms with van der Waals surface area (Å²) in [7, 11) is 0. The van der Waals surface area contributed by atoms with Gasteiger partial charge in [-0.05, 0) is 48.7 Å². The van der Waals surface area contributed by atoms with Gasteiger partial charge >= 0.3 is 0 Å². The van der Waals surface area contributed by atoms with Crippen LogP contribution in [0.15, 0.2) is 54.6 Å². The lowest BCUT2D eigenvalue weighted by molar-refractivity contribution is 0.157. The molecule has 0 bridgehead atoms. The van der Waals surface area contributed by atoms with Crippen LogP contribution in [0, 0.1) is 5.92 Å². The highest BCUT2D eigenvalue weighted by molar-refractivity contribution is 5.85. The average molecular weight is 333 g/mol. The molecule has 0 aromatic heterocycles. The highest BCUT2D eigenvalue weighted by Gasteiger charge is 2.22. The lowest BCUT2D eigenvalue weighted by atomic mass is 9.94. The molecule has 2 aromatic carbocycles. The van der Waals surface area contributed by atoms with Gasteiger partial charge in [-0.25, -0.2) is 0 Å². The van der Waals surface area contributed by atoms with Crippen LogP contribution in [0.1, 0.15) is 18.9 Å². The topological polar surface area (TPSA) is 38.5 Å². The summed E-state index contributed by atoms with van der Waals surface area (Å²) in [5, 5.41) is 0. The van der Waals surface area contributed by atoms with E-state index in [0.29, 0.717) is 12.0 Å². The molecule has 1 saturated heterocycles. The van der Waals surface area contributed by atoms with Gasteiger partial charge in [0.15, 0.2) is 0 Å². The number of nitrogens with zero attached hydrogens (tertiary/aromatic N) is 1. The van der Waals surface area contributed by atoms with Gasteiger partial charge in [0.2, 0.25) is 0 Å². The Hall–Kier alpha value is -1.55. The molecule has 3 nitrogen and oxygen atoms in total. The van der Waals surface area contributed by atoms with Crippen LogP contribution in [0.5, 0.6) is 11.5 Å². The molecule has 2 N–H and O–H groups in total. The molecule has 0 saturated carbocycles. The zero-order valence-electron chi connectivity index (χ0n) is 13.5. The van der Waals surface area contributed by atoms with Crippen LogP contribution >= 0.6 is 12.4 Å². The van der Waals surface area contributed by atoms with Crippen LogP contribution < -0.4 is 10.5 Å². The Morgan fingerprint density at radius 2 is 1.83 bits per heavy atom. The first-order valence-corrected chi connectivity index (χ1v) is 8.00. The minimum Gasteiger partial charge on any atom is -0.457 e. The number of piperidine rings is 1. The molecular formula is C19H25ClN2O. The van der Waals surface area contributed by atoms with Gasteiger partial charge < -0.3 is 10.5 Å². The van der Waals surface area contributed by atoms with E-state index in [1.807, 2.05) is 36.4 Å². The summed E-state index contributed by atoms with van der Waals surface area (Å²) in [6.07, 6.45) is 1.08. The highest BCUT2D eigenvalue weighted by atomic mass is 35.5. The predicted molar refractivity (Wildman–Crippen MR) is 97.2 cm³/mol. The first-order chi connectivity index (χ1) is 10.7. The third-order valence-corrected chi connectivity index (χ3v) is 4.34. The van der Waals surface area contributed by atoms with E-state index in [-0.39, 0.29) is 12.4 Å². The average Bonchev–Trinajstić information content (AvgIpc) is 2.52. The maximum Gasteiger partial charge on any atom is 0.127 e. The smallest absolute Gasteiger partial charge is 0.127 e. The van der Waals surface area contributed by atoms with Gasteiger partial charge in [-0.3, -0.25) is 4.90 Å². The maximum atomic E-state index is 6.10. The molecule has 1 heterocycles. The maximum absolute atomic E-state index is 6.10. The van der Waals surface area contributed by atoms with Crippen molar-refractivity contribution in [3.05, 3.63) is 60.2 Å². The Balaban J connectivity index is 0.00000192. The van der Waals surface area contributed by atoms with Crippen molar-refractivity contribution in [2.45, 2.75) is 25.9 Å². The Morgan fingerprint density at radius 1 is 1.09 bits per heavy atom. The van der Waals surface area contributed by atoms with Crippen LogP contribution in [0.2, 0.25) is 0 Å². The fourth-order valence-corrected chi connectivity index (χ4v) is 2.98. The van der Waals surface area contributed by atoms with Crippen molar-refractivity contribution >= 4 is 12.4 Å². The zero-order valence-corrected chi connectivity index (χ0v) is 14.3. The second kappa shape index (κ2) is 8.34. The summed E-state index contributed by atoms with van der Waals surface area (Å²) < 4.78 is 5.91. The first-order valence-electron chi connectivity index (χ1n) is 8.00. The molecule has 2 atom stereocenters. The number of halogens is 1. The first kappa shape index (κ1) is 17.8. The van der Waals surface area contributed by atoms with Crippen molar-refractivity contribution in [2.24, 2.45) is 11.7 Å². The van der Waals surface area contributed by atoms with E-state index in [2.05, 4.69) is 30.0 Å². The van der Waals surface area contributed by atoms with Crippen molar-refractivity contribution in [3.63, 3.8) is 0 Å². The van der Waals surface area contributed by atoms with E-state index in [9.17, 15) is 0 Å². The fraction of sp³-hybridized carbons (Fsp3) is 0.368. The number of nitrogens with two attached hydrogens (primary N) is 1. The lowest BCUT2D eigenvalue weighted by Gasteiger charge is -2.35. The van der Waals surface area contributed by atoms with Crippen molar-refractivity contribution in [1.29, 1.82) is 0 Å². The molecule has 0 aliphatic carbocycles. The normalized spacial score (nSPS) is 21.5. The molecular weight excluding hydrogens is 308 g/mol. The highest BCUT2D eigenvalue weighted by Crippen LogP contribution is 2.23. The Labute approximate surface area is 144 Å². The number of likely N-dealkylation sites (tertiary alicyclic amines) is 1. The second-order valence-corrected chi connectivity index (χ2v) is 6.23. The monoisotopic (exact) mass is 332 g/mol. The minimum atomic E-state index is 0. The van der Waals surface area contributed by atoms with Crippen LogP contribution in [0.3, 0.4) is 0 Å². The van der Waals surface area contributed by atoms with Crippen molar-refractivity contribution < 1.29 is 4.74 Å². The van der Waals surface area contributed by atoms with E-state index in [0.717, 1.165) is 37.6 Å². The number of ether oxygens (including phenoxy) is 1. The van der Waals surface area contributed by atoms with Gasteiger partial charge in [-0.15, -0.1) is 12.4 Å². The quantitative estimate of drug-likeness (QED) is 0.917. The number of hydrogen-bond acceptors (Lipinski definition) is 3. The molecule has 0 amide bonds. The third-order valence-electron chi connectivity index (χ3n) is 4.34. The van der Waals surface area contributed by atoms with Gasteiger partial charge in [-0.2, -0.15) is 0 Å². The van der Waals surface area contributed by atoms with Gasteiger partial charge in [0.1, 0.15) is 11.5 Å². The minimum absolute atomic E-state index is 0. The molecule has 0 spiro atoms. The van der Waals surface area contributed by atoms with Gasteiger partial charge in [0, 0.05) is 19.1 Å². The van der Waals surface area contributed by atoms with Crippen LogP contribution in [0.4, 0.5) is 0 Å². The molecule has 3 rings (SSSR count). The Morgan fingerprint density at radius 3 is 2.57 bits per heavy atom. The van der Waals surface area contributed by atoms with Gasteiger partial charge in [-0.1, -0.05) is 37.3 Å². The molecule has 4 heteroatoms. The molecule has 1 aliphatic heterocycles. The number of benzene rings is 2. The van der Waals surface area contributed by atoms with E-state index >= 15 is 0 Å². The van der Waals surface area contributed by atoms with E-state index in [1.54, 1.807) is 0 Å². The summed E-state index contributed by atoms with van der Waals surface area (Å²) in [4.78, 5) is 2.48. The van der Waals surface area contributed by atoms with E-state index in [4.69, 9.17) is 10.5 Å². The lowest BCUT2D eigenvalue weighted by Crippen LogP contribution is -2.45. The summed E-state index contributed by atoms with van der Waals surface area (Å²) in [6, 6.07) is 18.6. The molecule has 2 aromatic rings. The summed E-state index contributed by atoms with van der Waals surface area (Å²) in [6.45, 7) is 5.36. The Kier molecular flexibility index (Phi) is 6.46. The number of rotatable bonds is 4. The number of para-hydroxylation sites is 1. The summed E-state index contributed by atoms with van der Waals surface area (Å²) >= 11 is 0. The van der Waals surface area contributed by atoms with Crippen molar-refractivity contribution in [2.75, 3.05) is 13.1 Å². The van der Waals surface area contributed by atoms with Crippen LogP contribution in [-0.4, -0.2) is 24.0 Å². The summed E-state index contributed by atoms with van der Waals surface area (Å²) in [5.74, 6) is 2.33. The van der Waals surface area contributed by atoms with Gasteiger partial charge in [0.05, 0.1) is 0 Å². The molecule has 2 unspecified atom stereocenters. The molecule has 1 aliphatic rings. The SMILES string of the molecule is CC1CN(Cc2cccc(Oc3ccccc3)c2)CCC1N.Cl. The molecule has 23 heavy (non-hydrogen) atoms. The van der Waals surface area contributed by atoms with Gasteiger partial charge in [0.25, 0.3) is 0 Å². The zero-order chi connectivity index (χ0) is 15.4. The second-order valence-electron chi connectivity index (χ2n) is 6.23. The Bertz CT molecular complexity index is 605. The van der Waals surface area contributed by atoms with E-state index in [1.165, 1.54) is 5.56 Å². The van der Waals surface area contributed by atoms with Crippen LogP contribution in [-0.2, 0) is 6.54 Å². The van der Waals surface area contributed by atoms with E-state index < -0.39 is 0 Å². The fourth-order valence-electron chi connectivity index (χ4n) is 2.98. The van der Waals surface area contributed by atoms with Crippen LogP contribution in [0.25, 0.3) is 0 Å². The summed E-state index contributed by atoms with van der Waals surface area (Å²) in [5.41, 5.74) is 7.39. The molecule has 124 valence electrons. The third kappa shape index (κ3) is 4.96. The molecule has 0 radical (unpaired) electrons. The predicted octanol–water partition coefficient (Wildman–Crippen LogP) is 4.07. The van der Waals surface area contributed by atoms with Crippen molar-refractivity contribution in [1.82, 2.24) is 4.90 Å².